The minimum Gasteiger partial charge on any atom is -0.481 e. The van der Waals surface area contributed by atoms with E-state index >= 15 is 0 Å². The predicted molar refractivity (Wildman–Crippen MR) is 69.7 cm³/mol. The summed E-state index contributed by atoms with van der Waals surface area (Å²) in [5.74, 6) is -0.825. The van der Waals surface area contributed by atoms with Crippen LogP contribution >= 0.6 is 11.6 Å². The standard InChI is InChI=1S/C13H12ClNO2/c14-13-10-4-2-1-3-9(10)5-6-11(13)15-8-7-12(16)17/h1-6,15H,7-8H2,(H,16,17). The van der Waals surface area contributed by atoms with Gasteiger partial charge in [0.1, 0.15) is 0 Å². The van der Waals surface area contributed by atoms with Crippen LogP contribution in [0.2, 0.25) is 5.02 Å². The molecule has 2 N–H and O–H groups in total. The lowest BCUT2D eigenvalue weighted by Gasteiger charge is -2.09. The Kier molecular flexibility index (Phi) is 3.49. The van der Waals surface area contributed by atoms with E-state index in [2.05, 4.69) is 5.32 Å². The third-order valence-corrected chi connectivity index (χ3v) is 2.92. The van der Waals surface area contributed by atoms with Gasteiger partial charge in [-0.1, -0.05) is 41.9 Å². The fourth-order valence-electron chi connectivity index (χ4n) is 1.67. The van der Waals surface area contributed by atoms with E-state index in [0.717, 1.165) is 16.5 Å². The molecule has 2 aromatic carbocycles. The molecular formula is C13H12ClNO2. The highest BCUT2D eigenvalue weighted by atomic mass is 35.5. The quantitative estimate of drug-likeness (QED) is 0.873. The second-order valence-corrected chi connectivity index (χ2v) is 4.10. The van der Waals surface area contributed by atoms with Crippen molar-refractivity contribution < 1.29 is 9.90 Å². The van der Waals surface area contributed by atoms with E-state index in [0.29, 0.717) is 11.6 Å². The summed E-state index contributed by atoms with van der Waals surface area (Å²) >= 11 is 6.25. The molecule has 0 radical (unpaired) electrons. The second kappa shape index (κ2) is 5.06. The number of hydrogen-bond acceptors (Lipinski definition) is 2. The summed E-state index contributed by atoms with van der Waals surface area (Å²) in [5.41, 5.74) is 0.770. The third-order valence-electron chi connectivity index (χ3n) is 2.52. The first kappa shape index (κ1) is 11.7. The molecular weight excluding hydrogens is 238 g/mol. The largest absolute Gasteiger partial charge is 0.481 e. The number of nitrogens with one attached hydrogen (secondary N) is 1. The monoisotopic (exact) mass is 249 g/mol. The van der Waals surface area contributed by atoms with Crippen molar-refractivity contribution in [1.82, 2.24) is 0 Å². The van der Waals surface area contributed by atoms with Crippen molar-refractivity contribution in [2.24, 2.45) is 0 Å². The van der Waals surface area contributed by atoms with Gasteiger partial charge in [0.2, 0.25) is 0 Å². The summed E-state index contributed by atoms with van der Waals surface area (Å²) in [6, 6.07) is 11.6. The number of rotatable bonds is 4. The lowest BCUT2D eigenvalue weighted by atomic mass is 10.1. The zero-order valence-electron chi connectivity index (χ0n) is 9.11. The summed E-state index contributed by atoms with van der Waals surface area (Å²) in [6.07, 6.45) is 0.0726. The number of carboxylic acids is 1. The van der Waals surface area contributed by atoms with Gasteiger partial charge in [0.25, 0.3) is 0 Å². The van der Waals surface area contributed by atoms with Crippen LogP contribution in [0.3, 0.4) is 0 Å². The van der Waals surface area contributed by atoms with E-state index in [1.165, 1.54) is 0 Å². The highest BCUT2D eigenvalue weighted by Crippen LogP contribution is 2.30. The zero-order valence-corrected chi connectivity index (χ0v) is 9.87. The van der Waals surface area contributed by atoms with Crippen molar-refractivity contribution in [3.63, 3.8) is 0 Å². The molecule has 0 fully saturated rings. The van der Waals surface area contributed by atoms with Gasteiger partial charge >= 0.3 is 5.97 Å². The van der Waals surface area contributed by atoms with Gasteiger partial charge < -0.3 is 10.4 Å². The Morgan fingerprint density at radius 3 is 2.76 bits per heavy atom. The number of halogens is 1. The topological polar surface area (TPSA) is 49.3 Å². The average molecular weight is 250 g/mol. The molecule has 2 aromatic rings. The van der Waals surface area contributed by atoms with E-state index in [1.54, 1.807) is 0 Å². The van der Waals surface area contributed by atoms with Gasteiger partial charge in [-0.15, -0.1) is 0 Å². The van der Waals surface area contributed by atoms with Crippen molar-refractivity contribution in [2.75, 3.05) is 11.9 Å². The number of carboxylic acid groups (broad SMARTS) is 1. The van der Waals surface area contributed by atoms with Crippen LogP contribution in [0.4, 0.5) is 5.69 Å². The Bertz CT molecular complexity index is 554. The van der Waals surface area contributed by atoms with Crippen molar-refractivity contribution in [3.05, 3.63) is 41.4 Å². The smallest absolute Gasteiger partial charge is 0.305 e. The van der Waals surface area contributed by atoms with Gasteiger partial charge in [-0.3, -0.25) is 4.79 Å². The van der Waals surface area contributed by atoms with Crippen LogP contribution < -0.4 is 5.32 Å². The first-order valence-electron chi connectivity index (χ1n) is 5.31. The van der Waals surface area contributed by atoms with Crippen LogP contribution in [-0.4, -0.2) is 17.6 Å². The van der Waals surface area contributed by atoms with Crippen molar-refractivity contribution >= 4 is 34.0 Å². The summed E-state index contributed by atoms with van der Waals surface area (Å²) in [6.45, 7) is 0.368. The number of hydrogen-bond donors (Lipinski definition) is 2. The number of fused-ring (bicyclic) bond motifs is 1. The Morgan fingerprint density at radius 1 is 1.24 bits per heavy atom. The molecule has 0 aliphatic rings. The summed E-state index contributed by atoms with van der Waals surface area (Å²) < 4.78 is 0. The molecule has 88 valence electrons. The van der Waals surface area contributed by atoms with Crippen LogP contribution in [0.15, 0.2) is 36.4 Å². The Balaban J connectivity index is 2.23. The minimum atomic E-state index is -0.825. The fourth-order valence-corrected chi connectivity index (χ4v) is 1.98. The van der Waals surface area contributed by atoms with E-state index in [1.807, 2.05) is 36.4 Å². The molecule has 17 heavy (non-hydrogen) atoms. The molecule has 0 aliphatic heterocycles. The molecule has 0 saturated heterocycles. The minimum absolute atomic E-state index is 0.0726. The maximum absolute atomic E-state index is 10.4. The summed E-state index contributed by atoms with van der Waals surface area (Å²) in [5, 5.41) is 14.3. The average Bonchev–Trinajstić information content (AvgIpc) is 2.32. The maximum Gasteiger partial charge on any atom is 0.305 e. The second-order valence-electron chi connectivity index (χ2n) is 3.72. The van der Waals surface area contributed by atoms with Crippen LogP contribution in [-0.2, 0) is 4.79 Å². The third kappa shape index (κ3) is 2.68. The molecule has 0 heterocycles. The molecule has 0 unspecified atom stereocenters. The van der Waals surface area contributed by atoms with Crippen molar-refractivity contribution in [2.45, 2.75) is 6.42 Å². The van der Waals surface area contributed by atoms with E-state index in [4.69, 9.17) is 16.7 Å². The fraction of sp³-hybridized carbons (Fsp3) is 0.154. The van der Waals surface area contributed by atoms with Gasteiger partial charge in [0.05, 0.1) is 17.1 Å². The number of anilines is 1. The van der Waals surface area contributed by atoms with Gasteiger partial charge in [0.15, 0.2) is 0 Å². The van der Waals surface area contributed by atoms with E-state index in [-0.39, 0.29) is 6.42 Å². The summed E-state index contributed by atoms with van der Waals surface area (Å²) in [7, 11) is 0. The van der Waals surface area contributed by atoms with Crippen LogP contribution in [0.5, 0.6) is 0 Å². The molecule has 0 amide bonds. The van der Waals surface area contributed by atoms with Crippen LogP contribution in [0.25, 0.3) is 10.8 Å². The predicted octanol–water partition coefficient (Wildman–Crippen LogP) is 3.38. The van der Waals surface area contributed by atoms with Crippen LogP contribution in [0.1, 0.15) is 6.42 Å². The highest BCUT2D eigenvalue weighted by Gasteiger charge is 2.05. The normalized spacial score (nSPS) is 10.4. The zero-order chi connectivity index (χ0) is 12.3. The van der Waals surface area contributed by atoms with E-state index < -0.39 is 5.97 Å². The first-order valence-corrected chi connectivity index (χ1v) is 5.69. The van der Waals surface area contributed by atoms with Gasteiger partial charge in [-0.25, -0.2) is 0 Å². The van der Waals surface area contributed by atoms with E-state index in [9.17, 15) is 4.79 Å². The summed E-state index contributed by atoms with van der Waals surface area (Å²) in [4.78, 5) is 10.4. The van der Waals surface area contributed by atoms with Crippen LogP contribution in [0, 0.1) is 0 Å². The molecule has 0 aliphatic carbocycles. The Labute approximate surface area is 104 Å². The Morgan fingerprint density at radius 2 is 2.00 bits per heavy atom. The molecule has 0 spiro atoms. The molecule has 0 atom stereocenters. The van der Waals surface area contributed by atoms with Crippen molar-refractivity contribution in [1.29, 1.82) is 0 Å². The molecule has 2 rings (SSSR count). The van der Waals surface area contributed by atoms with Gasteiger partial charge in [-0.2, -0.15) is 0 Å². The van der Waals surface area contributed by atoms with Crippen molar-refractivity contribution in [3.8, 4) is 0 Å². The molecule has 0 saturated carbocycles. The number of benzene rings is 2. The molecule has 0 bridgehead atoms. The van der Waals surface area contributed by atoms with Gasteiger partial charge in [0, 0.05) is 11.9 Å². The number of carbonyl (C=O) groups is 1. The maximum atomic E-state index is 10.4. The molecule has 3 nitrogen and oxygen atoms in total. The Hall–Kier alpha value is -1.74. The molecule has 0 aromatic heterocycles. The van der Waals surface area contributed by atoms with Gasteiger partial charge in [-0.05, 0) is 11.5 Å². The highest BCUT2D eigenvalue weighted by molar-refractivity contribution is 6.38. The lowest BCUT2D eigenvalue weighted by Crippen LogP contribution is -2.07. The number of aliphatic carboxylic acids is 1. The lowest BCUT2D eigenvalue weighted by molar-refractivity contribution is -0.136. The first-order chi connectivity index (χ1) is 8.18. The molecule has 4 heteroatoms. The SMILES string of the molecule is O=C(O)CCNc1ccc2ccccc2c1Cl.